The average molecular weight is 540 g/mol. The molecule has 5 rings (SSSR count). The number of fused-ring (bicyclic) bond motifs is 1. The van der Waals surface area contributed by atoms with E-state index in [0.717, 1.165) is 48.6 Å². The third-order valence-electron chi connectivity index (χ3n) is 8.44. The molecule has 3 aliphatic rings. The Morgan fingerprint density at radius 2 is 2.00 bits per heavy atom. The number of hydrogen-bond donors (Lipinski definition) is 3. The fourth-order valence-electron chi connectivity index (χ4n) is 6.20. The van der Waals surface area contributed by atoms with Gasteiger partial charge < -0.3 is 25.4 Å². The summed E-state index contributed by atoms with van der Waals surface area (Å²) in [6, 6.07) is 9.16. The Kier molecular flexibility index (Phi) is 8.35. The number of amides is 1. The summed E-state index contributed by atoms with van der Waals surface area (Å²) in [6.07, 6.45) is 1.49. The van der Waals surface area contributed by atoms with Gasteiger partial charge in [0.2, 0.25) is 5.91 Å². The van der Waals surface area contributed by atoms with Crippen molar-refractivity contribution in [2.75, 3.05) is 44.2 Å². The van der Waals surface area contributed by atoms with Crippen LogP contribution in [0, 0.1) is 5.82 Å². The van der Waals surface area contributed by atoms with E-state index < -0.39 is 0 Å². The molecular formula is C30H42FN5O3. The molecule has 1 amide bonds. The molecule has 4 atom stereocenters. The van der Waals surface area contributed by atoms with E-state index in [1.165, 1.54) is 12.1 Å². The van der Waals surface area contributed by atoms with Crippen LogP contribution < -0.4 is 15.5 Å². The Morgan fingerprint density at radius 3 is 2.72 bits per heavy atom. The van der Waals surface area contributed by atoms with Gasteiger partial charge in [0.05, 0.1) is 42.9 Å². The third kappa shape index (κ3) is 6.18. The predicted molar refractivity (Wildman–Crippen MR) is 149 cm³/mol. The first-order valence-corrected chi connectivity index (χ1v) is 14.2. The van der Waals surface area contributed by atoms with Gasteiger partial charge >= 0.3 is 0 Å². The van der Waals surface area contributed by atoms with Crippen molar-refractivity contribution in [2.24, 2.45) is 0 Å². The summed E-state index contributed by atoms with van der Waals surface area (Å²) in [7, 11) is 0. The zero-order chi connectivity index (χ0) is 27.7. The Hall–Kier alpha value is -2.43. The van der Waals surface area contributed by atoms with Crippen LogP contribution in [0.3, 0.4) is 0 Å². The van der Waals surface area contributed by atoms with E-state index in [1.807, 2.05) is 11.0 Å². The smallest absolute Gasteiger partial charge is 0.241 e. The Morgan fingerprint density at radius 1 is 1.23 bits per heavy atom. The van der Waals surface area contributed by atoms with Crippen molar-refractivity contribution in [2.45, 2.75) is 76.8 Å². The van der Waals surface area contributed by atoms with E-state index >= 15 is 0 Å². The lowest BCUT2D eigenvalue weighted by atomic mass is 9.90. The number of carbonyl (C=O) groups excluding carboxylic acids is 1. The Balaban J connectivity index is 1.37. The van der Waals surface area contributed by atoms with Gasteiger partial charge in [0.25, 0.3) is 0 Å². The Bertz CT molecular complexity index is 1170. The van der Waals surface area contributed by atoms with Crippen molar-refractivity contribution in [1.82, 2.24) is 20.5 Å². The fourth-order valence-corrected chi connectivity index (χ4v) is 6.20. The molecule has 8 nitrogen and oxygen atoms in total. The molecule has 1 aromatic heterocycles. The molecule has 0 radical (unpaired) electrons. The zero-order valence-electron chi connectivity index (χ0n) is 23.5. The monoisotopic (exact) mass is 539 g/mol. The van der Waals surface area contributed by atoms with Crippen LogP contribution in [-0.2, 0) is 28.0 Å². The molecule has 1 unspecified atom stereocenters. The first-order chi connectivity index (χ1) is 18.6. The number of morpholine rings is 1. The van der Waals surface area contributed by atoms with Crippen LogP contribution in [0.1, 0.15) is 56.6 Å². The third-order valence-corrected chi connectivity index (χ3v) is 8.44. The number of nitrogens with one attached hydrogen (secondary N) is 2. The lowest BCUT2D eigenvalue weighted by molar-refractivity contribution is -0.121. The summed E-state index contributed by atoms with van der Waals surface area (Å²) in [5.74, 6) is -0.226. The molecule has 212 valence electrons. The predicted octanol–water partition coefficient (Wildman–Crippen LogP) is 2.36. The maximum absolute atomic E-state index is 13.9. The minimum absolute atomic E-state index is 0.0583. The first-order valence-electron chi connectivity index (χ1n) is 14.2. The SMILES string of the molecule is C[C@@H]1CN(CC(=O)N2CC(C)(C)c3nc(CO)c(Cc4ccc(F)cc4)cc32)[C@H](CC2OCCN[C@@H]2C)CN1. The number of aliphatic hydroxyl groups excluding tert-OH is 1. The summed E-state index contributed by atoms with van der Waals surface area (Å²) in [5, 5.41) is 17.2. The van der Waals surface area contributed by atoms with E-state index in [4.69, 9.17) is 9.72 Å². The molecular weight excluding hydrogens is 497 g/mol. The summed E-state index contributed by atoms with van der Waals surface area (Å²) in [4.78, 5) is 23.0. The van der Waals surface area contributed by atoms with Crippen molar-refractivity contribution < 1.29 is 19.0 Å². The summed E-state index contributed by atoms with van der Waals surface area (Å²) in [6.45, 7) is 12.4. The van der Waals surface area contributed by atoms with E-state index in [9.17, 15) is 14.3 Å². The quantitative estimate of drug-likeness (QED) is 0.498. The van der Waals surface area contributed by atoms with Crippen molar-refractivity contribution >= 4 is 11.6 Å². The van der Waals surface area contributed by atoms with Crippen LogP contribution in [0.15, 0.2) is 30.3 Å². The molecule has 3 aliphatic heterocycles. The molecule has 0 bridgehead atoms. The summed E-state index contributed by atoms with van der Waals surface area (Å²) >= 11 is 0. The van der Waals surface area contributed by atoms with E-state index in [2.05, 4.69) is 43.2 Å². The highest BCUT2D eigenvalue weighted by atomic mass is 19.1. The molecule has 39 heavy (non-hydrogen) atoms. The normalized spacial score (nSPS) is 27.0. The maximum Gasteiger partial charge on any atom is 0.241 e. The zero-order valence-corrected chi connectivity index (χ0v) is 23.5. The molecule has 0 aliphatic carbocycles. The topological polar surface area (TPSA) is 90.0 Å². The molecule has 9 heteroatoms. The molecule has 4 heterocycles. The largest absolute Gasteiger partial charge is 0.390 e. The number of benzene rings is 1. The van der Waals surface area contributed by atoms with Gasteiger partial charge in [-0.15, -0.1) is 0 Å². The number of halogens is 1. The minimum atomic E-state index is -0.337. The fraction of sp³-hybridized carbons (Fsp3) is 0.600. The second-order valence-electron chi connectivity index (χ2n) is 12.1. The molecule has 2 aromatic rings. The maximum atomic E-state index is 13.9. The summed E-state index contributed by atoms with van der Waals surface area (Å²) in [5.41, 5.74) is 3.69. The molecule has 3 N–H and O–H groups in total. The molecule has 2 saturated heterocycles. The second-order valence-corrected chi connectivity index (χ2v) is 12.1. The van der Waals surface area contributed by atoms with Gasteiger partial charge in [-0.1, -0.05) is 26.0 Å². The van der Waals surface area contributed by atoms with Crippen molar-refractivity contribution in [3.05, 3.63) is 58.7 Å². The molecule has 2 fully saturated rings. The highest BCUT2D eigenvalue weighted by molar-refractivity contribution is 5.97. The van der Waals surface area contributed by atoms with Gasteiger partial charge in [0.1, 0.15) is 5.82 Å². The standard InChI is InChI=1S/C30H42FN5O3/c1-19-15-35(24(14-33-19)13-27-20(2)32-9-10-39-27)16-28(38)36-18-30(3,4)29-26(36)12-22(25(17-37)34-29)11-21-5-7-23(31)8-6-21/h5-8,12,19-20,24,27,32-33,37H,9-11,13-18H2,1-4H3/t19-,20-,24-,27?/m1/s1. The van der Waals surface area contributed by atoms with Crippen LogP contribution >= 0.6 is 0 Å². The van der Waals surface area contributed by atoms with Crippen LogP contribution in [-0.4, -0.2) is 84.5 Å². The number of carbonyl (C=O) groups is 1. The molecule has 1 aromatic carbocycles. The van der Waals surface area contributed by atoms with Crippen LogP contribution in [0.2, 0.25) is 0 Å². The first kappa shape index (κ1) is 28.1. The summed E-state index contributed by atoms with van der Waals surface area (Å²) < 4.78 is 19.5. The highest BCUT2D eigenvalue weighted by Gasteiger charge is 2.41. The minimum Gasteiger partial charge on any atom is -0.390 e. The number of ether oxygens (including phenoxy) is 1. The number of hydrogen-bond acceptors (Lipinski definition) is 7. The Labute approximate surface area is 230 Å². The number of aliphatic hydroxyl groups is 1. The van der Waals surface area contributed by atoms with Crippen molar-refractivity contribution in [3.63, 3.8) is 0 Å². The van der Waals surface area contributed by atoms with E-state index in [1.54, 1.807) is 12.1 Å². The van der Waals surface area contributed by atoms with Crippen molar-refractivity contribution in [3.8, 4) is 0 Å². The van der Waals surface area contributed by atoms with Crippen molar-refractivity contribution in [1.29, 1.82) is 0 Å². The number of piperazine rings is 1. The number of anilines is 1. The van der Waals surface area contributed by atoms with Gasteiger partial charge in [0.15, 0.2) is 0 Å². The van der Waals surface area contributed by atoms with Crippen LogP contribution in [0.4, 0.5) is 10.1 Å². The lowest BCUT2D eigenvalue weighted by Gasteiger charge is -2.42. The van der Waals surface area contributed by atoms with Gasteiger partial charge in [0, 0.05) is 49.7 Å². The number of nitrogens with zero attached hydrogens (tertiary/aromatic N) is 3. The van der Waals surface area contributed by atoms with Gasteiger partial charge in [-0.25, -0.2) is 4.39 Å². The second kappa shape index (κ2) is 11.6. The number of pyridine rings is 1. The van der Waals surface area contributed by atoms with Crippen LogP contribution in [0.25, 0.3) is 0 Å². The van der Waals surface area contributed by atoms with Gasteiger partial charge in [-0.05, 0) is 56.0 Å². The molecule has 0 saturated carbocycles. The highest BCUT2D eigenvalue weighted by Crippen LogP contribution is 2.41. The van der Waals surface area contributed by atoms with E-state index in [-0.39, 0.29) is 41.9 Å². The van der Waals surface area contributed by atoms with Gasteiger partial charge in [-0.2, -0.15) is 0 Å². The van der Waals surface area contributed by atoms with Gasteiger partial charge in [-0.3, -0.25) is 14.7 Å². The number of rotatable bonds is 7. The average Bonchev–Trinajstić information content (AvgIpc) is 3.17. The van der Waals surface area contributed by atoms with E-state index in [0.29, 0.717) is 37.9 Å². The number of aromatic nitrogens is 1. The van der Waals surface area contributed by atoms with Crippen LogP contribution in [0.5, 0.6) is 0 Å². The molecule has 0 spiro atoms. The lowest BCUT2D eigenvalue weighted by Crippen LogP contribution is -2.60.